The zero-order valence-corrected chi connectivity index (χ0v) is 22.4. The Labute approximate surface area is 224 Å². The average molecular weight is 519 g/mol. The molecule has 3 aromatic rings. The Morgan fingerprint density at radius 2 is 1.76 bits per heavy atom. The Hall–Kier alpha value is -3.23. The van der Waals surface area contributed by atoms with E-state index in [2.05, 4.69) is 76.8 Å². The third-order valence-corrected chi connectivity index (χ3v) is 8.68. The molecular formula is C29H38N6OS. The molecule has 2 saturated heterocycles. The molecule has 0 radical (unpaired) electrons. The van der Waals surface area contributed by atoms with Crippen LogP contribution in [-0.4, -0.2) is 60.6 Å². The summed E-state index contributed by atoms with van der Waals surface area (Å²) in [7, 11) is 0. The molecule has 3 heterocycles. The average Bonchev–Trinajstić information content (AvgIpc) is 3.49. The Bertz CT molecular complexity index is 1170. The molecule has 8 heteroatoms. The van der Waals surface area contributed by atoms with Gasteiger partial charge >= 0.3 is 6.03 Å². The van der Waals surface area contributed by atoms with Gasteiger partial charge in [-0.3, -0.25) is 0 Å². The Kier molecular flexibility index (Phi) is 7.86. The molecule has 0 unspecified atom stereocenters. The van der Waals surface area contributed by atoms with Gasteiger partial charge in [0.2, 0.25) is 0 Å². The van der Waals surface area contributed by atoms with Gasteiger partial charge in [0.25, 0.3) is 0 Å². The Morgan fingerprint density at radius 3 is 2.43 bits per heavy atom. The van der Waals surface area contributed by atoms with E-state index in [1.54, 1.807) is 11.3 Å². The van der Waals surface area contributed by atoms with E-state index in [0.717, 1.165) is 75.6 Å². The van der Waals surface area contributed by atoms with Crippen molar-refractivity contribution in [2.24, 2.45) is 0 Å². The summed E-state index contributed by atoms with van der Waals surface area (Å²) in [4.78, 5) is 18.2. The van der Waals surface area contributed by atoms with Crippen LogP contribution in [0.2, 0.25) is 0 Å². The minimum atomic E-state index is 0.0245. The van der Waals surface area contributed by atoms with E-state index < -0.39 is 0 Å². The van der Waals surface area contributed by atoms with Crippen molar-refractivity contribution >= 4 is 34.4 Å². The fourth-order valence-electron chi connectivity index (χ4n) is 5.26. The van der Waals surface area contributed by atoms with Crippen molar-refractivity contribution in [3.63, 3.8) is 0 Å². The zero-order valence-electron chi connectivity index (χ0n) is 21.6. The first-order valence-corrected chi connectivity index (χ1v) is 14.2. The molecule has 2 aliphatic rings. The van der Waals surface area contributed by atoms with Gasteiger partial charge in [0, 0.05) is 61.9 Å². The van der Waals surface area contributed by atoms with Crippen LogP contribution in [0.4, 0.5) is 21.9 Å². The highest BCUT2D eigenvalue weighted by Crippen LogP contribution is 2.32. The van der Waals surface area contributed by atoms with Crippen molar-refractivity contribution in [3.05, 3.63) is 65.5 Å². The minimum Gasteiger partial charge on any atom is -0.397 e. The van der Waals surface area contributed by atoms with Gasteiger partial charge in [-0.25, -0.2) is 4.79 Å². The third-order valence-electron chi connectivity index (χ3n) is 7.76. The predicted octanol–water partition coefficient (Wildman–Crippen LogP) is 5.29. The van der Waals surface area contributed by atoms with Crippen LogP contribution >= 0.6 is 11.3 Å². The van der Waals surface area contributed by atoms with Crippen molar-refractivity contribution in [1.82, 2.24) is 15.1 Å². The quantitative estimate of drug-likeness (QED) is 0.319. The number of thiophene rings is 1. The standard InChI is InChI=1S/C29H38N6OS/c1-2-29(11-15-34(16-12-29)28(36)35-17-13-31-14-18-35)33-24-8-5-22(6-9-24)21-32-26-20-23(7-10-25(26)30)27-4-3-19-37-27/h3-10,19-20,31-33H,2,11-18,21,30H2,1H3. The Morgan fingerprint density at radius 1 is 1.03 bits per heavy atom. The summed E-state index contributed by atoms with van der Waals surface area (Å²) in [5.41, 5.74) is 11.5. The van der Waals surface area contributed by atoms with Gasteiger partial charge in [0.05, 0.1) is 11.4 Å². The van der Waals surface area contributed by atoms with Gasteiger partial charge in [-0.05, 0) is 66.1 Å². The molecule has 37 heavy (non-hydrogen) atoms. The van der Waals surface area contributed by atoms with E-state index in [1.807, 2.05) is 15.9 Å². The summed E-state index contributed by atoms with van der Waals surface area (Å²) in [6.07, 6.45) is 2.96. The topological polar surface area (TPSA) is 85.7 Å². The summed E-state index contributed by atoms with van der Waals surface area (Å²) < 4.78 is 0. The minimum absolute atomic E-state index is 0.0245. The molecule has 7 nitrogen and oxygen atoms in total. The maximum Gasteiger partial charge on any atom is 0.320 e. The molecular weight excluding hydrogens is 480 g/mol. The van der Waals surface area contributed by atoms with Crippen molar-refractivity contribution in [2.45, 2.75) is 38.3 Å². The van der Waals surface area contributed by atoms with E-state index in [-0.39, 0.29) is 11.6 Å². The largest absolute Gasteiger partial charge is 0.397 e. The first-order valence-electron chi connectivity index (χ1n) is 13.3. The van der Waals surface area contributed by atoms with Crippen LogP contribution in [0.3, 0.4) is 0 Å². The van der Waals surface area contributed by atoms with E-state index in [9.17, 15) is 4.79 Å². The maximum atomic E-state index is 12.9. The molecule has 2 aliphatic heterocycles. The van der Waals surface area contributed by atoms with Crippen LogP contribution < -0.4 is 21.7 Å². The summed E-state index contributed by atoms with van der Waals surface area (Å²) in [5, 5.41) is 12.7. The van der Waals surface area contributed by atoms with E-state index >= 15 is 0 Å². The lowest BCUT2D eigenvalue weighted by atomic mass is 9.84. The van der Waals surface area contributed by atoms with Crippen molar-refractivity contribution in [3.8, 4) is 10.4 Å². The van der Waals surface area contributed by atoms with Gasteiger partial charge in [-0.15, -0.1) is 11.3 Å². The second kappa shape index (κ2) is 11.4. The molecule has 0 aliphatic carbocycles. The molecule has 5 rings (SSSR count). The summed E-state index contributed by atoms with van der Waals surface area (Å²) in [6, 6.07) is 19.2. The smallest absolute Gasteiger partial charge is 0.320 e. The number of carbonyl (C=O) groups is 1. The van der Waals surface area contributed by atoms with Crippen LogP contribution in [0.1, 0.15) is 31.7 Å². The lowest BCUT2D eigenvalue weighted by Crippen LogP contribution is -2.56. The van der Waals surface area contributed by atoms with Crippen LogP contribution in [0, 0.1) is 0 Å². The number of nitrogen functional groups attached to an aromatic ring is 1. The molecule has 2 amide bonds. The van der Waals surface area contributed by atoms with E-state index in [0.29, 0.717) is 6.54 Å². The second-order valence-corrected chi connectivity index (χ2v) is 11.0. The number of nitrogens with one attached hydrogen (secondary N) is 3. The lowest BCUT2D eigenvalue weighted by Gasteiger charge is -2.44. The number of piperazine rings is 1. The van der Waals surface area contributed by atoms with Gasteiger partial charge in [0.15, 0.2) is 0 Å². The molecule has 2 fully saturated rings. The van der Waals surface area contributed by atoms with Gasteiger partial charge in [0.1, 0.15) is 0 Å². The fraction of sp³-hybridized carbons (Fsp3) is 0.414. The van der Waals surface area contributed by atoms with Gasteiger partial charge < -0.3 is 31.5 Å². The summed E-state index contributed by atoms with van der Waals surface area (Å²) in [5.74, 6) is 0. The molecule has 196 valence electrons. The van der Waals surface area contributed by atoms with Crippen LogP contribution in [0.5, 0.6) is 0 Å². The van der Waals surface area contributed by atoms with Gasteiger partial charge in [-0.1, -0.05) is 31.2 Å². The number of anilines is 3. The number of amides is 2. The van der Waals surface area contributed by atoms with Crippen LogP contribution in [0.25, 0.3) is 10.4 Å². The number of rotatable bonds is 7. The van der Waals surface area contributed by atoms with Crippen LogP contribution in [0.15, 0.2) is 60.0 Å². The normalized spacial score (nSPS) is 17.4. The first kappa shape index (κ1) is 25.4. The fourth-order valence-corrected chi connectivity index (χ4v) is 5.99. The number of piperidine rings is 1. The summed E-state index contributed by atoms with van der Waals surface area (Å²) in [6.45, 7) is 7.95. The predicted molar refractivity (Wildman–Crippen MR) is 155 cm³/mol. The monoisotopic (exact) mass is 518 g/mol. The Balaban J connectivity index is 1.16. The SMILES string of the molecule is CCC1(Nc2ccc(CNc3cc(-c4cccs4)ccc3N)cc2)CCN(C(=O)N2CCNCC2)CC1. The number of hydrogen-bond acceptors (Lipinski definition) is 6. The van der Waals surface area contributed by atoms with Crippen molar-refractivity contribution in [1.29, 1.82) is 0 Å². The summed E-state index contributed by atoms with van der Waals surface area (Å²) >= 11 is 1.73. The first-order chi connectivity index (χ1) is 18.0. The molecule has 0 saturated carbocycles. The number of hydrogen-bond donors (Lipinski definition) is 4. The third kappa shape index (κ3) is 6.02. The number of carbonyl (C=O) groups excluding carboxylic acids is 1. The maximum absolute atomic E-state index is 12.9. The number of likely N-dealkylation sites (tertiary alicyclic amines) is 1. The molecule has 0 spiro atoms. The number of nitrogens with two attached hydrogens (primary N) is 1. The van der Waals surface area contributed by atoms with Gasteiger partial charge in [-0.2, -0.15) is 0 Å². The molecule has 1 aromatic heterocycles. The lowest BCUT2D eigenvalue weighted by molar-refractivity contribution is 0.123. The number of urea groups is 1. The molecule has 0 atom stereocenters. The zero-order chi connectivity index (χ0) is 25.7. The van der Waals surface area contributed by atoms with E-state index in [1.165, 1.54) is 16.0 Å². The number of nitrogens with zero attached hydrogens (tertiary/aromatic N) is 2. The highest BCUT2D eigenvalue weighted by atomic mass is 32.1. The highest BCUT2D eigenvalue weighted by Gasteiger charge is 2.35. The van der Waals surface area contributed by atoms with Crippen molar-refractivity contribution < 1.29 is 4.79 Å². The molecule has 5 N–H and O–H groups in total. The molecule has 2 aromatic carbocycles. The van der Waals surface area contributed by atoms with Crippen LogP contribution in [-0.2, 0) is 6.54 Å². The highest BCUT2D eigenvalue weighted by molar-refractivity contribution is 7.13. The second-order valence-electron chi connectivity index (χ2n) is 10.1. The number of benzene rings is 2. The molecule has 0 bridgehead atoms. The van der Waals surface area contributed by atoms with Crippen molar-refractivity contribution in [2.75, 3.05) is 55.6 Å². The van der Waals surface area contributed by atoms with E-state index in [4.69, 9.17) is 5.73 Å².